The standard InChI is InChI=1S/C11H16N4O4/c16-10(17)7-15-6-8(13-14-15)5-12-11(18)9-3-1-2-4-19-9/h6,9H,1-5,7H2,(H,12,18)(H,16,17). The van der Waals surface area contributed by atoms with Gasteiger partial charge in [0.1, 0.15) is 18.3 Å². The number of rotatable bonds is 5. The van der Waals surface area contributed by atoms with Crippen molar-refractivity contribution < 1.29 is 19.4 Å². The Morgan fingerprint density at radius 1 is 1.53 bits per heavy atom. The van der Waals surface area contributed by atoms with E-state index in [1.54, 1.807) is 0 Å². The molecular weight excluding hydrogens is 252 g/mol. The molecule has 8 nitrogen and oxygen atoms in total. The van der Waals surface area contributed by atoms with Crippen LogP contribution in [-0.2, 0) is 27.4 Å². The molecule has 1 aliphatic heterocycles. The maximum absolute atomic E-state index is 11.8. The maximum Gasteiger partial charge on any atom is 0.325 e. The van der Waals surface area contributed by atoms with Crippen molar-refractivity contribution in [3.63, 3.8) is 0 Å². The van der Waals surface area contributed by atoms with Gasteiger partial charge in [0.2, 0.25) is 5.91 Å². The first-order chi connectivity index (χ1) is 9.15. The fraction of sp³-hybridized carbons (Fsp3) is 0.636. The molecule has 8 heteroatoms. The lowest BCUT2D eigenvalue weighted by Gasteiger charge is -2.21. The second kappa shape index (κ2) is 6.28. The summed E-state index contributed by atoms with van der Waals surface area (Å²) in [4.78, 5) is 22.2. The highest BCUT2D eigenvalue weighted by Gasteiger charge is 2.21. The lowest BCUT2D eigenvalue weighted by Crippen LogP contribution is -2.38. The number of carboxylic acids is 1. The van der Waals surface area contributed by atoms with Crippen molar-refractivity contribution in [3.8, 4) is 0 Å². The number of aromatic nitrogens is 3. The number of amides is 1. The smallest absolute Gasteiger partial charge is 0.325 e. The molecule has 1 aliphatic rings. The fourth-order valence-electron chi connectivity index (χ4n) is 1.87. The number of nitrogens with one attached hydrogen (secondary N) is 1. The second-order valence-corrected chi connectivity index (χ2v) is 4.37. The average Bonchev–Trinajstić information content (AvgIpc) is 2.84. The summed E-state index contributed by atoms with van der Waals surface area (Å²) in [6, 6.07) is 0. The molecule has 1 saturated heterocycles. The molecule has 1 fully saturated rings. The molecule has 2 heterocycles. The molecule has 1 unspecified atom stereocenters. The van der Waals surface area contributed by atoms with Crippen LogP contribution in [0.5, 0.6) is 0 Å². The number of carbonyl (C=O) groups excluding carboxylic acids is 1. The van der Waals surface area contributed by atoms with E-state index in [0.717, 1.165) is 19.3 Å². The Morgan fingerprint density at radius 2 is 2.37 bits per heavy atom. The Hall–Kier alpha value is -1.96. The van der Waals surface area contributed by atoms with Crippen LogP contribution in [0.2, 0.25) is 0 Å². The number of carboxylic acid groups (broad SMARTS) is 1. The third kappa shape index (κ3) is 4.02. The fourth-order valence-corrected chi connectivity index (χ4v) is 1.87. The van der Waals surface area contributed by atoms with E-state index < -0.39 is 5.97 Å². The molecule has 2 N–H and O–H groups in total. The first-order valence-electron chi connectivity index (χ1n) is 6.15. The van der Waals surface area contributed by atoms with Crippen molar-refractivity contribution in [2.45, 2.75) is 38.5 Å². The highest BCUT2D eigenvalue weighted by atomic mass is 16.5. The van der Waals surface area contributed by atoms with Gasteiger partial charge in [0.15, 0.2) is 0 Å². The molecule has 1 aromatic heterocycles. The number of hydrogen-bond donors (Lipinski definition) is 2. The Kier molecular flexibility index (Phi) is 4.45. The van der Waals surface area contributed by atoms with Crippen LogP contribution < -0.4 is 5.32 Å². The highest BCUT2D eigenvalue weighted by Crippen LogP contribution is 2.12. The van der Waals surface area contributed by atoms with Crippen LogP contribution >= 0.6 is 0 Å². The van der Waals surface area contributed by atoms with Crippen molar-refractivity contribution in [1.82, 2.24) is 20.3 Å². The molecule has 1 atom stereocenters. The van der Waals surface area contributed by atoms with Gasteiger partial charge in [0.05, 0.1) is 12.7 Å². The summed E-state index contributed by atoms with van der Waals surface area (Å²) in [7, 11) is 0. The van der Waals surface area contributed by atoms with Gasteiger partial charge < -0.3 is 15.2 Å². The molecule has 0 saturated carbocycles. The van der Waals surface area contributed by atoms with E-state index in [4.69, 9.17) is 9.84 Å². The highest BCUT2D eigenvalue weighted by molar-refractivity contribution is 5.80. The van der Waals surface area contributed by atoms with Gasteiger partial charge >= 0.3 is 5.97 Å². The summed E-state index contributed by atoms with van der Waals surface area (Å²) in [5, 5.41) is 18.7. The minimum atomic E-state index is -0.990. The predicted octanol–water partition coefficient (Wildman–Crippen LogP) is -0.452. The summed E-state index contributed by atoms with van der Waals surface area (Å²) in [6.45, 7) is 0.595. The van der Waals surface area contributed by atoms with E-state index in [9.17, 15) is 9.59 Å². The molecule has 19 heavy (non-hydrogen) atoms. The third-order valence-electron chi connectivity index (χ3n) is 2.80. The van der Waals surface area contributed by atoms with Crippen molar-refractivity contribution in [3.05, 3.63) is 11.9 Å². The van der Waals surface area contributed by atoms with Crippen molar-refractivity contribution >= 4 is 11.9 Å². The zero-order valence-electron chi connectivity index (χ0n) is 10.4. The Labute approximate surface area is 109 Å². The molecule has 0 aliphatic carbocycles. The molecule has 104 valence electrons. The molecule has 0 bridgehead atoms. The lowest BCUT2D eigenvalue weighted by atomic mass is 10.1. The van der Waals surface area contributed by atoms with E-state index in [1.807, 2.05) is 0 Å². The zero-order chi connectivity index (χ0) is 13.7. The van der Waals surface area contributed by atoms with Crippen molar-refractivity contribution in [2.75, 3.05) is 6.61 Å². The van der Waals surface area contributed by atoms with Crippen LogP contribution in [0.3, 0.4) is 0 Å². The number of nitrogens with zero attached hydrogens (tertiary/aromatic N) is 3. The number of aliphatic carboxylic acids is 1. The SMILES string of the molecule is O=C(O)Cn1cc(CNC(=O)C2CCCCO2)nn1. The van der Waals surface area contributed by atoms with Gasteiger partial charge in [-0.25, -0.2) is 4.68 Å². The lowest BCUT2D eigenvalue weighted by molar-refractivity contribution is -0.138. The van der Waals surface area contributed by atoms with E-state index >= 15 is 0 Å². The van der Waals surface area contributed by atoms with E-state index in [1.165, 1.54) is 10.9 Å². The largest absolute Gasteiger partial charge is 0.480 e. The number of hydrogen-bond acceptors (Lipinski definition) is 5. The minimum Gasteiger partial charge on any atom is -0.480 e. The predicted molar refractivity (Wildman–Crippen MR) is 63.1 cm³/mol. The van der Waals surface area contributed by atoms with E-state index in [-0.39, 0.29) is 25.1 Å². The normalized spacial score (nSPS) is 19.1. The number of carbonyl (C=O) groups is 2. The van der Waals surface area contributed by atoms with Gasteiger partial charge in [-0.05, 0) is 19.3 Å². The van der Waals surface area contributed by atoms with E-state index in [0.29, 0.717) is 12.3 Å². The topological polar surface area (TPSA) is 106 Å². The van der Waals surface area contributed by atoms with Crippen LogP contribution in [0.1, 0.15) is 25.0 Å². The molecule has 0 radical (unpaired) electrons. The van der Waals surface area contributed by atoms with E-state index in [2.05, 4.69) is 15.6 Å². The molecular formula is C11H16N4O4. The molecule has 1 amide bonds. The first-order valence-corrected chi connectivity index (χ1v) is 6.15. The molecule has 0 spiro atoms. The van der Waals surface area contributed by atoms with Gasteiger partial charge in [-0.2, -0.15) is 0 Å². The average molecular weight is 268 g/mol. The van der Waals surface area contributed by atoms with Crippen molar-refractivity contribution in [1.29, 1.82) is 0 Å². The van der Waals surface area contributed by atoms with Gasteiger partial charge in [0.25, 0.3) is 0 Å². The molecule has 1 aromatic rings. The summed E-state index contributed by atoms with van der Waals surface area (Å²) < 4.78 is 6.56. The van der Waals surface area contributed by atoms with Crippen LogP contribution in [0.25, 0.3) is 0 Å². The van der Waals surface area contributed by atoms with Gasteiger partial charge in [-0.3, -0.25) is 9.59 Å². The Bertz CT molecular complexity index is 453. The molecule has 2 rings (SSSR count). The zero-order valence-corrected chi connectivity index (χ0v) is 10.4. The number of ether oxygens (including phenoxy) is 1. The summed E-state index contributed by atoms with van der Waals surface area (Å²) >= 11 is 0. The monoisotopic (exact) mass is 268 g/mol. The van der Waals surface area contributed by atoms with Gasteiger partial charge in [-0.1, -0.05) is 5.21 Å². The minimum absolute atomic E-state index is 0.160. The Morgan fingerprint density at radius 3 is 3.05 bits per heavy atom. The van der Waals surface area contributed by atoms with Gasteiger partial charge in [-0.15, -0.1) is 5.10 Å². The summed E-state index contributed by atoms with van der Waals surface area (Å²) in [6.07, 6.45) is 3.83. The van der Waals surface area contributed by atoms with Gasteiger partial charge in [0, 0.05) is 6.61 Å². The van der Waals surface area contributed by atoms with Crippen molar-refractivity contribution in [2.24, 2.45) is 0 Å². The first kappa shape index (κ1) is 13.5. The third-order valence-corrected chi connectivity index (χ3v) is 2.80. The maximum atomic E-state index is 11.8. The summed E-state index contributed by atoms with van der Waals surface area (Å²) in [5.41, 5.74) is 0.519. The second-order valence-electron chi connectivity index (χ2n) is 4.37. The van der Waals surface area contributed by atoms with Crippen LogP contribution in [0.4, 0.5) is 0 Å². The van der Waals surface area contributed by atoms with Crippen LogP contribution in [0, 0.1) is 0 Å². The summed E-state index contributed by atoms with van der Waals surface area (Å²) in [5.74, 6) is -1.15. The van der Waals surface area contributed by atoms with Crippen LogP contribution in [0.15, 0.2) is 6.20 Å². The molecule has 0 aromatic carbocycles. The van der Waals surface area contributed by atoms with Crippen LogP contribution in [-0.4, -0.2) is 44.7 Å². The quantitative estimate of drug-likeness (QED) is 0.749. The Balaban J connectivity index is 1.79.